The summed E-state index contributed by atoms with van der Waals surface area (Å²) in [6.45, 7) is 1.80. The molecule has 0 radical (unpaired) electrons. The molecule has 1 unspecified atom stereocenters. The maximum atomic E-state index is 10.6. The number of hydrogen-bond donors (Lipinski definition) is 0. The lowest BCUT2D eigenvalue weighted by molar-refractivity contribution is -0.117. The van der Waals surface area contributed by atoms with Gasteiger partial charge in [-0.15, -0.1) is 5.11 Å². The zero-order chi connectivity index (χ0) is 6.85. The Kier molecular flexibility index (Phi) is 1.75. The summed E-state index contributed by atoms with van der Waals surface area (Å²) in [7, 11) is 0. The zero-order valence-electron chi connectivity index (χ0n) is 4.84. The fourth-order valence-corrected chi connectivity index (χ4v) is 0.974. The van der Waals surface area contributed by atoms with E-state index in [1.54, 1.807) is 13.0 Å². The molecule has 0 N–H and O–H groups in total. The van der Waals surface area contributed by atoms with Crippen LogP contribution >= 0.6 is 15.9 Å². The molecular weight excluding hydrogens is 184 g/mol. The van der Waals surface area contributed by atoms with E-state index >= 15 is 0 Å². The third-order valence-corrected chi connectivity index (χ3v) is 1.59. The third-order valence-electron chi connectivity index (χ3n) is 0.930. The Hall–Kier alpha value is -0.510. The molecule has 1 rings (SSSR count). The molecule has 0 saturated heterocycles. The largest absolute Gasteiger partial charge is 0.282 e. The van der Waals surface area contributed by atoms with Gasteiger partial charge in [0, 0.05) is 0 Å². The topological polar surface area (TPSA) is 41.8 Å². The second kappa shape index (κ2) is 2.39. The molecule has 0 fully saturated rings. The number of allylic oxidation sites excluding steroid dienone is 1. The number of alkyl halides is 1. The van der Waals surface area contributed by atoms with E-state index in [9.17, 15) is 4.79 Å². The second-order valence-electron chi connectivity index (χ2n) is 1.75. The van der Waals surface area contributed by atoms with Crippen molar-refractivity contribution in [2.24, 2.45) is 10.2 Å². The van der Waals surface area contributed by atoms with Crippen LogP contribution in [0.1, 0.15) is 6.92 Å². The maximum absolute atomic E-state index is 10.6. The fourth-order valence-electron chi connectivity index (χ4n) is 0.500. The molecule has 0 aromatic heterocycles. The van der Waals surface area contributed by atoms with Crippen molar-refractivity contribution in [3.8, 4) is 0 Å². The van der Waals surface area contributed by atoms with Crippen molar-refractivity contribution < 1.29 is 4.79 Å². The summed E-state index contributed by atoms with van der Waals surface area (Å²) < 4.78 is 0. The first kappa shape index (κ1) is 6.61. The highest BCUT2D eigenvalue weighted by Crippen LogP contribution is 2.13. The summed E-state index contributed by atoms with van der Waals surface area (Å²) in [4.78, 5) is 10.3. The molecule has 4 heteroatoms. The van der Waals surface area contributed by atoms with Gasteiger partial charge < -0.3 is 0 Å². The summed E-state index contributed by atoms with van der Waals surface area (Å²) in [5, 5.41) is 6.93. The molecule has 1 aliphatic heterocycles. The third kappa shape index (κ3) is 1.45. The Labute approximate surface area is 61.0 Å². The molecule has 1 aliphatic rings. The highest BCUT2D eigenvalue weighted by molar-refractivity contribution is 9.10. The van der Waals surface area contributed by atoms with E-state index in [0.717, 1.165) is 5.70 Å². The number of rotatable bonds is 0. The lowest BCUT2D eigenvalue weighted by Crippen LogP contribution is -2.10. The molecule has 1 atom stereocenters. The predicted octanol–water partition coefficient (Wildman–Crippen LogP) is 1.65. The van der Waals surface area contributed by atoms with Gasteiger partial charge in [-0.05, 0) is 13.0 Å². The Bertz CT molecular complexity index is 197. The minimum Gasteiger partial charge on any atom is -0.269 e. The van der Waals surface area contributed by atoms with Crippen molar-refractivity contribution in [2.75, 3.05) is 0 Å². The number of carbonyl (C=O) groups is 1. The van der Waals surface area contributed by atoms with E-state index in [-0.39, 0.29) is 10.7 Å². The summed E-state index contributed by atoms with van der Waals surface area (Å²) in [5.74, 6) is -0.236. The van der Waals surface area contributed by atoms with Crippen LogP contribution in [0.3, 0.4) is 0 Å². The van der Waals surface area contributed by atoms with Gasteiger partial charge in [-0.1, -0.05) is 15.9 Å². The molecule has 3 nitrogen and oxygen atoms in total. The fraction of sp³-hybridized carbons (Fsp3) is 0.400. The van der Waals surface area contributed by atoms with Gasteiger partial charge in [-0.25, -0.2) is 0 Å². The normalized spacial score (nSPS) is 26.2. The van der Waals surface area contributed by atoms with E-state index < -0.39 is 0 Å². The van der Waals surface area contributed by atoms with Crippen LogP contribution in [0.4, 0.5) is 0 Å². The maximum Gasteiger partial charge on any atom is 0.282 e. The summed E-state index contributed by atoms with van der Waals surface area (Å²) in [5.41, 5.74) is 0.775. The standard InChI is InChI=1S/C5H5BrN2O/c1-3-2-4(6)5(9)8-7-3/h2,4H,1H3. The van der Waals surface area contributed by atoms with E-state index in [4.69, 9.17) is 0 Å². The summed E-state index contributed by atoms with van der Waals surface area (Å²) in [6.07, 6.45) is 1.72. The first-order valence-corrected chi connectivity index (χ1v) is 3.40. The lowest BCUT2D eigenvalue weighted by Gasteiger charge is -2.02. The van der Waals surface area contributed by atoms with Gasteiger partial charge >= 0.3 is 0 Å². The highest BCUT2D eigenvalue weighted by Gasteiger charge is 2.14. The molecule has 0 aromatic rings. The minimum absolute atomic E-state index is 0.236. The minimum atomic E-state index is -0.269. The van der Waals surface area contributed by atoms with Crippen molar-refractivity contribution >= 4 is 21.8 Å². The average Bonchev–Trinajstić information content (AvgIpc) is 1.80. The van der Waals surface area contributed by atoms with Gasteiger partial charge in [0.25, 0.3) is 5.91 Å². The van der Waals surface area contributed by atoms with Crippen molar-refractivity contribution in [2.45, 2.75) is 11.8 Å². The predicted molar refractivity (Wildman–Crippen MR) is 36.3 cm³/mol. The van der Waals surface area contributed by atoms with Crippen LogP contribution in [0, 0.1) is 0 Å². The number of hydrogen-bond acceptors (Lipinski definition) is 2. The monoisotopic (exact) mass is 188 g/mol. The van der Waals surface area contributed by atoms with Gasteiger partial charge in [0.05, 0.1) is 5.70 Å². The molecule has 0 aromatic carbocycles. The smallest absolute Gasteiger partial charge is 0.269 e. The Morgan fingerprint density at radius 3 is 2.78 bits per heavy atom. The number of carbonyl (C=O) groups excluding carboxylic acids is 1. The van der Waals surface area contributed by atoms with E-state index in [1.165, 1.54) is 0 Å². The lowest BCUT2D eigenvalue weighted by atomic mass is 10.3. The van der Waals surface area contributed by atoms with Crippen molar-refractivity contribution in [1.29, 1.82) is 0 Å². The Balaban J connectivity index is 2.82. The number of halogens is 1. The van der Waals surface area contributed by atoms with Crippen LogP contribution in [0.5, 0.6) is 0 Å². The van der Waals surface area contributed by atoms with Crippen LogP contribution in [0.15, 0.2) is 22.0 Å². The Morgan fingerprint density at radius 1 is 1.67 bits per heavy atom. The molecule has 0 saturated carbocycles. The molecular formula is C5H5BrN2O. The molecule has 1 heterocycles. The number of amides is 1. The van der Waals surface area contributed by atoms with Crippen LogP contribution in [-0.4, -0.2) is 10.7 Å². The number of nitrogens with zero attached hydrogens (tertiary/aromatic N) is 2. The van der Waals surface area contributed by atoms with Gasteiger partial charge in [0.2, 0.25) is 0 Å². The van der Waals surface area contributed by atoms with E-state index in [1.807, 2.05) is 0 Å². The molecule has 48 valence electrons. The van der Waals surface area contributed by atoms with Gasteiger partial charge in [-0.2, -0.15) is 5.11 Å². The second-order valence-corrected chi connectivity index (χ2v) is 2.73. The van der Waals surface area contributed by atoms with Crippen LogP contribution in [-0.2, 0) is 4.79 Å². The summed E-state index contributed by atoms with van der Waals surface area (Å²) >= 11 is 3.11. The van der Waals surface area contributed by atoms with E-state index in [2.05, 4.69) is 26.2 Å². The van der Waals surface area contributed by atoms with Gasteiger partial charge in [0.1, 0.15) is 4.83 Å². The zero-order valence-corrected chi connectivity index (χ0v) is 6.42. The Morgan fingerprint density at radius 2 is 2.33 bits per heavy atom. The SMILES string of the molecule is CC1=CC(Br)C(=O)N=N1. The van der Waals surface area contributed by atoms with Crippen molar-refractivity contribution in [1.82, 2.24) is 0 Å². The van der Waals surface area contributed by atoms with Crippen LogP contribution in [0.25, 0.3) is 0 Å². The van der Waals surface area contributed by atoms with Gasteiger partial charge in [0.15, 0.2) is 0 Å². The first-order valence-electron chi connectivity index (χ1n) is 2.48. The van der Waals surface area contributed by atoms with Crippen LogP contribution < -0.4 is 0 Å². The molecule has 1 amide bonds. The van der Waals surface area contributed by atoms with Gasteiger partial charge in [-0.3, -0.25) is 4.79 Å². The average molecular weight is 189 g/mol. The summed E-state index contributed by atoms with van der Waals surface area (Å²) in [6, 6.07) is 0. The van der Waals surface area contributed by atoms with Crippen molar-refractivity contribution in [3.63, 3.8) is 0 Å². The molecule has 0 spiro atoms. The van der Waals surface area contributed by atoms with Crippen LogP contribution in [0.2, 0.25) is 0 Å². The first-order chi connectivity index (χ1) is 4.20. The highest BCUT2D eigenvalue weighted by atomic mass is 79.9. The quantitative estimate of drug-likeness (QED) is 0.534. The molecule has 0 bridgehead atoms. The number of azo groups is 1. The van der Waals surface area contributed by atoms with E-state index in [0.29, 0.717) is 0 Å². The molecule has 0 aliphatic carbocycles. The van der Waals surface area contributed by atoms with Crippen molar-refractivity contribution in [3.05, 3.63) is 11.8 Å². The molecule has 9 heavy (non-hydrogen) atoms.